The summed E-state index contributed by atoms with van der Waals surface area (Å²) in [6.07, 6.45) is 14.3. The molecular formula is C16H30N2. The van der Waals surface area contributed by atoms with Gasteiger partial charge in [-0.15, -0.1) is 6.58 Å². The third-order valence-electron chi connectivity index (χ3n) is 5.11. The Hall–Kier alpha value is -0.340. The van der Waals surface area contributed by atoms with E-state index in [4.69, 9.17) is 0 Å². The average Bonchev–Trinajstić information content (AvgIpc) is 2.91. The van der Waals surface area contributed by atoms with E-state index in [9.17, 15) is 0 Å². The molecule has 2 aliphatic rings. The largest absolute Gasteiger partial charge is 0.315 e. The van der Waals surface area contributed by atoms with E-state index in [1.54, 1.807) is 0 Å². The number of hydrogen-bond donors (Lipinski definition) is 1. The van der Waals surface area contributed by atoms with Crippen LogP contribution >= 0.6 is 0 Å². The fraction of sp³-hybridized carbons (Fsp3) is 0.875. The maximum Gasteiger partial charge on any atom is 0.0362 e. The van der Waals surface area contributed by atoms with Crippen molar-refractivity contribution in [2.45, 2.75) is 69.4 Å². The minimum atomic E-state index is 0.457. The Morgan fingerprint density at radius 3 is 2.39 bits per heavy atom. The van der Waals surface area contributed by atoms with Gasteiger partial charge < -0.3 is 5.32 Å². The molecule has 2 fully saturated rings. The highest BCUT2D eigenvalue weighted by atomic mass is 15.2. The Kier molecular flexibility index (Phi) is 5.25. The van der Waals surface area contributed by atoms with E-state index in [0.29, 0.717) is 11.6 Å². The Morgan fingerprint density at radius 2 is 1.83 bits per heavy atom. The van der Waals surface area contributed by atoms with Crippen LogP contribution < -0.4 is 5.32 Å². The topological polar surface area (TPSA) is 15.3 Å². The second-order valence-corrected chi connectivity index (χ2v) is 6.07. The van der Waals surface area contributed by atoms with Crippen LogP contribution in [0.1, 0.15) is 57.8 Å². The molecule has 0 amide bonds. The SMILES string of the molecule is C=CCCC(NC)C1(N2CCCCC2)CCCC1. The van der Waals surface area contributed by atoms with Gasteiger partial charge in [-0.25, -0.2) is 0 Å². The third kappa shape index (κ3) is 2.80. The number of likely N-dealkylation sites (N-methyl/N-ethyl adjacent to an activating group) is 1. The van der Waals surface area contributed by atoms with Crippen LogP contribution in [0.4, 0.5) is 0 Å². The van der Waals surface area contributed by atoms with Crippen LogP contribution in [0.5, 0.6) is 0 Å². The van der Waals surface area contributed by atoms with Gasteiger partial charge in [-0.05, 0) is 58.7 Å². The molecule has 1 aliphatic heterocycles. The first kappa shape index (κ1) is 14.1. The predicted octanol–water partition coefficient (Wildman–Crippen LogP) is 3.34. The van der Waals surface area contributed by atoms with Gasteiger partial charge in [0.2, 0.25) is 0 Å². The molecule has 2 rings (SSSR count). The molecule has 1 atom stereocenters. The van der Waals surface area contributed by atoms with Gasteiger partial charge in [0.15, 0.2) is 0 Å². The van der Waals surface area contributed by atoms with Crippen molar-refractivity contribution in [3.8, 4) is 0 Å². The number of allylic oxidation sites excluding steroid dienone is 1. The minimum absolute atomic E-state index is 0.457. The molecule has 1 saturated heterocycles. The van der Waals surface area contributed by atoms with Crippen molar-refractivity contribution in [3.63, 3.8) is 0 Å². The third-order valence-corrected chi connectivity index (χ3v) is 5.11. The Balaban J connectivity index is 2.10. The molecule has 0 spiro atoms. The van der Waals surface area contributed by atoms with E-state index in [1.807, 2.05) is 0 Å². The number of piperidine rings is 1. The molecule has 0 aromatic carbocycles. The Bertz CT molecular complexity index is 250. The molecule has 0 aromatic rings. The van der Waals surface area contributed by atoms with Crippen LogP contribution in [0, 0.1) is 0 Å². The summed E-state index contributed by atoms with van der Waals surface area (Å²) >= 11 is 0. The predicted molar refractivity (Wildman–Crippen MR) is 78.9 cm³/mol. The lowest BCUT2D eigenvalue weighted by Gasteiger charge is -2.48. The molecule has 1 N–H and O–H groups in total. The number of likely N-dealkylation sites (tertiary alicyclic amines) is 1. The van der Waals surface area contributed by atoms with Gasteiger partial charge in [0, 0.05) is 11.6 Å². The summed E-state index contributed by atoms with van der Waals surface area (Å²) < 4.78 is 0. The van der Waals surface area contributed by atoms with Gasteiger partial charge in [0.1, 0.15) is 0 Å². The average molecular weight is 250 g/mol. The molecule has 1 aliphatic carbocycles. The highest BCUT2D eigenvalue weighted by Gasteiger charge is 2.44. The van der Waals surface area contributed by atoms with Crippen LogP contribution in [0.25, 0.3) is 0 Å². The molecule has 1 saturated carbocycles. The van der Waals surface area contributed by atoms with E-state index in [0.717, 1.165) is 6.42 Å². The van der Waals surface area contributed by atoms with Gasteiger partial charge in [-0.2, -0.15) is 0 Å². The molecule has 0 radical (unpaired) electrons. The molecule has 104 valence electrons. The summed E-state index contributed by atoms with van der Waals surface area (Å²) in [5, 5.41) is 3.63. The first-order valence-corrected chi connectivity index (χ1v) is 7.87. The smallest absolute Gasteiger partial charge is 0.0362 e. The van der Waals surface area contributed by atoms with Crippen molar-refractivity contribution in [2.75, 3.05) is 20.1 Å². The number of nitrogens with zero attached hydrogens (tertiary/aromatic N) is 1. The monoisotopic (exact) mass is 250 g/mol. The summed E-state index contributed by atoms with van der Waals surface area (Å²) in [6.45, 7) is 6.54. The molecule has 0 aromatic heterocycles. The highest BCUT2D eigenvalue weighted by molar-refractivity contribution is 5.04. The van der Waals surface area contributed by atoms with E-state index < -0.39 is 0 Å². The first-order chi connectivity index (χ1) is 8.83. The van der Waals surface area contributed by atoms with Crippen LogP contribution in [0.3, 0.4) is 0 Å². The van der Waals surface area contributed by atoms with E-state index in [2.05, 4.69) is 29.9 Å². The van der Waals surface area contributed by atoms with Gasteiger partial charge in [-0.1, -0.05) is 25.3 Å². The van der Waals surface area contributed by atoms with Crippen LogP contribution in [0.15, 0.2) is 12.7 Å². The number of hydrogen-bond acceptors (Lipinski definition) is 2. The molecule has 2 heteroatoms. The zero-order chi connectivity index (χ0) is 12.8. The van der Waals surface area contributed by atoms with Crippen LogP contribution in [-0.4, -0.2) is 36.6 Å². The summed E-state index contributed by atoms with van der Waals surface area (Å²) in [7, 11) is 2.15. The maximum absolute atomic E-state index is 3.89. The van der Waals surface area contributed by atoms with Crippen molar-refractivity contribution in [1.82, 2.24) is 10.2 Å². The second-order valence-electron chi connectivity index (χ2n) is 6.07. The summed E-state index contributed by atoms with van der Waals surface area (Å²) in [5.74, 6) is 0. The molecule has 0 bridgehead atoms. The lowest BCUT2D eigenvalue weighted by Crippen LogP contribution is -2.60. The molecule has 18 heavy (non-hydrogen) atoms. The summed E-state index contributed by atoms with van der Waals surface area (Å²) in [6, 6.07) is 0.649. The van der Waals surface area contributed by atoms with Gasteiger partial charge >= 0.3 is 0 Å². The summed E-state index contributed by atoms with van der Waals surface area (Å²) in [5.41, 5.74) is 0.457. The zero-order valence-corrected chi connectivity index (χ0v) is 12.1. The zero-order valence-electron chi connectivity index (χ0n) is 12.1. The van der Waals surface area contributed by atoms with Gasteiger partial charge in [0.25, 0.3) is 0 Å². The van der Waals surface area contributed by atoms with Crippen molar-refractivity contribution in [2.24, 2.45) is 0 Å². The van der Waals surface area contributed by atoms with Crippen LogP contribution in [-0.2, 0) is 0 Å². The Morgan fingerprint density at radius 1 is 1.17 bits per heavy atom. The van der Waals surface area contributed by atoms with Crippen molar-refractivity contribution < 1.29 is 0 Å². The highest BCUT2D eigenvalue weighted by Crippen LogP contribution is 2.40. The lowest BCUT2D eigenvalue weighted by atomic mass is 9.82. The van der Waals surface area contributed by atoms with Crippen LogP contribution in [0.2, 0.25) is 0 Å². The van der Waals surface area contributed by atoms with Crippen molar-refractivity contribution in [3.05, 3.63) is 12.7 Å². The number of nitrogens with one attached hydrogen (secondary N) is 1. The first-order valence-electron chi connectivity index (χ1n) is 7.87. The number of rotatable bonds is 6. The molecule has 1 heterocycles. The lowest BCUT2D eigenvalue weighted by molar-refractivity contribution is 0.0366. The Labute approximate surface area is 113 Å². The van der Waals surface area contributed by atoms with E-state index >= 15 is 0 Å². The van der Waals surface area contributed by atoms with Gasteiger partial charge in [0.05, 0.1) is 0 Å². The second kappa shape index (κ2) is 6.72. The maximum atomic E-state index is 3.89. The van der Waals surface area contributed by atoms with Crippen molar-refractivity contribution >= 4 is 0 Å². The standard InChI is InChI=1S/C16H30N2/c1-3-4-10-15(17-2)16(11-6-7-12-16)18-13-8-5-9-14-18/h3,15,17H,1,4-14H2,2H3. The summed E-state index contributed by atoms with van der Waals surface area (Å²) in [4.78, 5) is 2.83. The van der Waals surface area contributed by atoms with E-state index in [-0.39, 0.29) is 0 Å². The fourth-order valence-corrected chi connectivity index (χ4v) is 4.18. The quantitative estimate of drug-likeness (QED) is 0.727. The van der Waals surface area contributed by atoms with Gasteiger partial charge in [-0.3, -0.25) is 4.90 Å². The van der Waals surface area contributed by atoms with Crippen molar-refractivity contribution in [1.29, 1.82) is 0 Å². The normalized spacial score (nSPS) is 26.1. The fourth-order valence-electron chi connectivity index (χ4n) is 4.18. The molecular weight excluding hydrogens is 220 g/mol. The van der Waals surface area contributed by atoms with E-state index in [1.165, 1.54) is 64.5 Å². The molecule has 2 nitrogen and oxygen atoms in total. The molecule has 1 unspecified atom stereocenters. The minimum Gasteiger partial charge on any atom is -0.315 e.